The maximum Gasteiger partial charge on any atom is 0.272 e. The van der Waals surface area contributed by atoms with E-state index < -0.39 is 0 Å². The van der Waals surface area contributed by atoms with Crippen molar-refractivity contribution in [3.05, 3.63) is 72.7 Å². The Kier molecular flexibility index (Phi) is 5.33. The van der Waals surface area contributed by atoms with Crippen LogP contribution in [0.25, 0.3) is 0 Å². The fourth-order valence-electron chi connectivity index (χ4n) is 2.06. The average Bonchev–Trinajstić information content (AvgIpc) is 2.42. The molecule has 0 heterocycles. The van der Waals surface area contributed by atoms with Crippen molar-refractivity contribution in [1.82, 2.24) is 5.32 Å². The molecule has 0 aliphatic heterocycles. The van der Waals surface area contributed by atoms with Crippen molar-refractivity contribution in [2.24, 2.45) is 0 Å². The summed E-state index contributed by atoms with van der Waals surface area (Å²) in [7, 11) is 0. The number of nitro benzene ring substituents is 1. The minimum Gasteiger partial charge on any atom is -0.309 e. The van der Waals surface area contributed by atoms with E-state index in [0.717, 1.165) is 15.6 Å². The van der Waals surface area contributed by atoms with Crippen molar-refractivity contribution in [3.8, 4) is 0 Å². The molecule has 0 aliphatic rings. The highest BCUT2D eigenvalue weighted by Gasteiger charge is 2.12. The number of benzene rings is 2. The number of hydrogen-bond donors (Lipinski definition) is 1. The minimum absolute atomic E-state index is 0.149. The van der Waals surface area contributed by atoms with E-state index in [9.17, 15) is 10.1 Å². The fourth-order valence-corrected chi connectivity index (χ4v) is 2.80. The molecule has 6 heteroatoms. The maximum atomic E-state index is 10.9. The molecule has 0 bridgehead atoms. The van der Waals surface area contributed by atoms with E-state index in [0.29, 0.717) is 23.7 Å². The molecule has 2 aromatic rings. The van der Waals surface area contributed by atoms with Crippen molar-refractivity contribution in [2.75, 3.05) is 0 Å². The number of nitro groups is 1. The van der Waals surface area contributed by atoms with E-state index in [1.54, 1.807) is 13.0 Å². The van der Waals surface area contributed by atoms with Crippen molar-refractivity contribution in [2.45, 2.75) is 20.0 Å². The molecule has 110 valence electrons. The Morgan fingerprint density at radius 2 is 1.95 bits per heavy atom. The van der Waals surface area contributed by atoms with Gasteiger partial charge in [0.15, 0.2) is 0 Å². The van der Waals surface area contributed by atoms with E-state index in [4.69, 9.17) is 11.6 Å². The van der Waals surface area contributed by atoms with Gasteiger partial charge in [-0.2, -0.15) is 0 Å². The van der Waals surface area contributed by atoms with E-state index >= 15 is 0 Å². The number of nitrogens with zero attached hydrogens (tertiary/aromatic N) is 1. The van der Waals surface area contributed by atoms with Crippen LogP contribution in [0.4, 0.5) is 5.69 Å². The molecule has 0 spiro atoms. The van der Waals surface area contributed by atoms with E-state index in [1.165, 1.54) is 6.07 Å². The van der Waals surface area contributed by atoms with Gasteiger partial charge in [-0.3, -0.25) is 10.1 Å². The second-order valence-corrected chi connectivity index (χ2v) is 5.98. The van der Waals surface area contributed by atoms with Gasteiger partial charge in [0, 0.05) is 34.2 Å². The molecule has 0 saturated heterocycles. The van der Waals surface area contributed by atoms with Crippen LogP contribution in [-0.4, -0.2) is 4.92 Å². The van der Waals surface area contributed by atoms with Crippen LogP contribution in [0.5, 0.6) is 0 Å². The van der Waals surface area contributed by atoms with E-state index in [-0.39, 0.29) is 10.6 Å². The van der Waals surface area contributed by atoms with Gasteiger partial charge in [-0.25, -0.2) is 0 Å². The number of hydrogen-bond acceptors (Lipinski definition) is 3. The third-order valence-corrected chi connectivity index (χ3v) is 4.11. The highest BCUT2D eigenvalue weighted by Crippen LogP contribution is 2.23. The molecule has 0 atom stereocenters. The standard InChI is InChI=1S/C15H14BrClN2O2/c1-10-11(3-2-4-15(10)19(20)21)8-18-9-12-5-6-13(16)7-14(12)17/h2-7,18H,8-9H2,1H3. The summed E-state index contributed by atoms with van der Waals surface area (Å²) in [6, 6.07) is 10.8. The molecular formula is C15H14BrClN2O2. The van der Waals surface area contributed by atoms with Crippen LogP contribution in [-0.2, 0) is 13.1 Å². The maximum absolute atomic E-state index is 10.9. The van der Waals surface area contributed by atoms with Gasteiger partial charge >= 0.3 is 0 Å². The molecule has 2 rings (SSSR count). The summed E-state index contributed by atoms with van der Waals surface area (Å²) in [5.41, 5.74) is 2.74. The van der Waals surface area contributed by atoms with Crippen LogP contribution < -0.4 is 5.32 Å². The number of nitrogens with one attached hydrogen (secondary N) is 1. The number of rotatable bonds is 5. The van der Waals surface area contributed by atoms with Gasteiger partial charge in [0.05, 0.1) is 4.92 Å². The Bertz CT molecular complexity index is 677. The molecule has 4 nitrogen and oxygen atoms in total. The predicted octanol–water partition coefficient (Wildman–Crippen LogP) is 4.61. The van der Waals surface area contributed by atoms with Crippen LogP contribution in [0.15, 0.2) is 40.9 Å². The largest absolute Gasteiger partial charge is 0.309 e. The molecule has 21 heavy (non-hydrogen) atoms. The normalized spacial score (nSPS) is 10.6. The highest BCUT2D eigenvalue weighted by molar-refractivity contribution is 9.10. The zero-order chi connectivity index (χ0) is 15.4. The Balaban J connectivity index is 2.04. The minimum atomic E-state index is -0.357. The first-order valence-corrected chi connectivity index (χ1v) is 7.53. The van der Waals surface area contributed by atoms with Crippen LogP contribution in [0.1, 0.15) is 16.7 Å². The van der Waals surface area contributed by atoms with E-state index in [2.05, 4.69) is 21.2 Å². The summed E-state index contributed by atoms with van der Waals surface area (Å²) < 4.78 is 0.936. The molecule has 0 saturated carbocycles. The van der Waals surface area contributed by atoms with Gasteiger partial charge in [0.1, 0.15) is 0 Å². The molecule has 0 radical (unpaired) electrons. The lowest BCUT2D eigenvalue weighted by molar-refractivity contribution is -0.385. The lowest BCUT2D eigenvalue weighted by Gasteiger charge is -2.09. The molecule has 0 fully saturated rings. The van der Waals surface area contributed by atoms with Crippen molar-refractivity contribution in [1.29, 1.82) is 0 Å². The fraction of sp³-hybridized carbons (Fsp3) is 0.200. The molecule has 0 aromatic heterocycles. The van der Waals surface area contributed by atoms with Crippen LogP contribution >= 0.6 is 27.5 Å². The second-order valence-electron chi connectivity index (χ2n) is 4.66. The Hall–Kier alpha value is -1.43. The second kappa shape index (κ2) is 7.02. The van der Waals surface area contributed by atoms with E-state index in [1.807, 2.05) is 24.3 Å². The highest BCUT2D eigenvalue weighted by atomic mass is 79.9. The molecule has 0 amide bonds. The first-order valence-electron chi connectivity index (χ1n) is 6.36. The smallest absolute Gasteiger partial charge is 0.272 e. The third-order valence-electron chi connectivity index (χ3n) is 3.26. The van der Waals surface area contributed by atoms with Gasteiger partial charge in [0.2, 0.25) is 0 Å². The summed E-state index contributed by atoms with van der Waals surface area (Å²) in [4.78, 5) is 10.6. The van der Waals surface area contributed by atoms with Crippen LogP contribution in [0.2, 0.25) is 5.02 Å². The Morgan fingerprint density at radius 3 is 2.62 bits per heavy atom. The molecule has 0 unspecified atom stereocenters. The average molecular weight is 370 g/mol. The van der Waals surface area contributed by atoms with Gasteiger partial charge < -0.3 is 5.32 Å². The molecule has 1 N–H and O–H groups in total. The van der Waals surface area contributed by atoms with Crippen LogP contribution in [0.3, 0.4) is 0 Å². The summed E-state index contributed by atoms with van der Waals surface area (Å²) >= 11 is 9.51. The molecular weight excluding hydrogens is 356 g/mol. The summed E-state index contributed by atoms with van der Waals surface area (Å²) in [6.45, 7) is 2.93. The topological polar surface area (TPSA) is 55.2 Å². The lowest BCUT2D eigenvalue weighted by Crippen LogP contribution is -2.14. The van der Waals surface area contributed by atoms with Crippen molar-refractivity contribution in [3.63, 3.8) is 0 Å². The monoisotopic (exact) mass is 368 g/mol. The molecule has 0 aliphatic carbocycles. The zero-order valence-electron chi connectivity index (χ0n) is 11.4. The lowest BCUT2D eigenvalue weighted by atomic mass is 10.1. The Labute approximate surface area is 136 Å². The van der Waals surface area contributed by atoms with Crippen molar-refractivity contribution < 1.29 is 4.92 Å². The SMILES string of the molecule is Cc1c(CNCc2ccc(Br)cc2Cl)cccc1[N+](=O)[O-]. The summed E-state index contributed by atoms with van der Waals surface area (Å²) in [5.74, 6) is 0. The third kappa shape index (κ3) is 4.03. The quantitative estimate of drug-likeness (QED) is 0.618. The van der Waals surface area contributed by atoms with Crippen LogP contribution in [0, 0.1) is 17.0 Å². The van der Waals surface area contributed by atoms with Gasteiger partial charge in [-0.1, -0.05) is 45.7 Å². The predicted molar refractivity (Wildman–Crippen MR) is 87.5 cm³/mol. The summed E-state index contributed by atoms with van der Waals surface area (Å²) in [5, 5.41) is 14.9. The number of halogens is 2. The zero-order valence-corrected chi connectivity index (χ0v) is 13.7. The Morgan fingerprint density at radius 1 is 1.24 bits per heavy atom. The van der Waals surface area contributed by atoms with Crippen molar-refractivity contribution >= 4 is 33.2 Å². The first-order chi connectivity index (χ1) is 9.99. The van der Waals surface area contributed by atoms with Gasteiger partial charge in [0.25, 0.3) is 5.69 Å². The first kappa shape index (κ1) is 15.9. The molecule has 2 aromatic carbocycles. The van der Waals surface area contributed by atoms with Gasteiger partial charge in [-0.15, -0.1) is 0 Å². The van der Waals surface area contributed by atoms with Gasteiger partial charge in [-0.05, 0) is 30.2 Å². The summed E-state index contributed by atoms with van der Waals surface area (Å²) in [6.07, 6.45) is 0.